The highest BCUT2D eigenvalue weighted by atomic mass is 16.5. The molecule has 25 heavy (non-hydrogen) atoms. The Morgan fingerprint density at radius 2 is 1.32 bits per heavy atom. The first-order chi connectivity index (χ1) is 12.1. The van der Waals surface area contributed by atoms with Gasteiger partial charge in [-0.3, -0.25) is 9.59 Å². The summed E-state index contributed by atoms with van der Waals surface area (Å²) in [6, 6.07) is 18.6. The van der Waals surface area contributed by atoms with E-state index in [1.807, 2.05) is 60.7 Å². The highest BCUT2D eigenvalue weighted by molar-refractivity contribution is 5.90. The SMILES string of the molecule is COC(C(=O)NCc1ccccc1)[C@@H](O)C(=O)NCc1ccccc1. The smallest absolute Gasteiger partial charge is 0.252 e. The van der Waals surface area contributed by atoms with Gasteiger partial charge in [-0.25, -0.2) is 0 Å². The van der Waals surface area contributed by atoms with E-state index >= 15 is 0 Å². The van der Waals surface area contributed by atoms with Crippen molar-refractivity contribution in [3.8, 4) is 0 Å². The molecule has 0 fully saturated rings. The van der Waals surface area contributed by atoms with E-state index in [2.05, 4.69) is 10.6 Å². The topological polar surface area (TPSA) is 87.7 Å². The third kappa shape index (κ3) is 5.70. The molecule has 6 heteroatoms. The molecule has 0 spiro atoms. The molecule has 2 rings (SSSR count). The second-order valence-corrected chi connectivity index (χ2v) is 5.51. The fraction of sp³-hybridized carbons (Fsp3) is 0.263. The van der Waals surface area contributed by atoms with Gasteiger partial charge in [-0.05, 0) is 11.1 Å². The lowest BCUT2D eigenvalue weighted by molar-refractivity contribution is -0.148. The Balaban J connectivity index is 1.86. The lowest BCUT2D eigenvalue weighted by Gasteiger charge is -2.20. The number of hydrogen-bond acceptors (Lipinski definition) is 4. The van der Waals surface area contributed by atoms with Gasteiger partial charge in [0.25, 0.3) is 11.8 Å². The number of benzene rings is 2. The molecule has 0 radical (unpaired) electrons. The number of hydrogen-bond donors (Lipinski definition) is 3. The Labute approximate surface area is 146 Å². The minimum Gasteiger partial charge on any atom is -0.380 e. The summed E-state index contributed by atoms with van der Waals surface area (Å²) in [6.07, 6.45) is -2.87. The van der Waals surface area contributed by atoms with E-state index in [1.165, 1.54) is 7.11 Å². The number of rotatable bonds is 8. The molecule has 0 heterocycles. The van der Waals surface area contributed by atoms with Crippen LogP contribution in [0.4, 0.5) is 0 Å². The number of aliphatic hydroxyl groups is 1. The van der Waals surface area contributed by atoms with Crippen LogP contribution < -0.4 is 10.6 Å². The van der Waals surface area contributed by atoms with Crippen molar-refractivity contribution in [1.82, 2.24) is 10.6 Å². The van der Waals surface area contributed by atoms with Gasteiger partial charge < -0.3 is 20.5 Å². The average Bonchev–Trinajstić information content (AvgIpc) is 2.66. The van der Waals surface area contributed by atoms with Crippen molar-refractivity contribution < 1.29 is 19.4 Å². The second kappa shape index (κ2) is 9.56. The third-order valence-electron chi connectivity index (χ3n) is 3.69. The Kier molecular flexibility index (Phi) is 7.13. The Hall–Kier alpha value is -2.70. The van der Waals surface area contributed by atoms with Crippen molar-refractivity contribution >= 4 is 11.8 Å². The molecule has 0 bridgehead atoms. The van der Waals surface area contributed by atoms with Gasteiger partial charge in [0.15, 0.2) is 12.2 Å². The summed E-state index contributed by atoms with van der Waals surface area (Å²) < 4.78 is 5.01. The number of amides is 2. The highest BCUT2D eigenvalue weighted by Gasteiger charge is 2.32. The van der Waals surface area contributed by atoms with E-state index in [9.17, 15) is 14.7 Å². The second-order valence-electron chi connectivity index (χ2n) is 5.51. The summed E-state index contributed by atoms with van der Waals surface area (Å²) in [4.78, 5) is 24.3. The summed E-state index contributed by atoms with van der Waals surface area (Å²) in [5, 5.41) is 15.4. The minimum atomic E-state index is -1.59. The molecule has 0 aromatic heterocycles. The van der Waals surface area contributed by atoms with Crippen molar-refractivity contribution in [2.24, 2.45) is 0 Å². The third-order valence-corrected chi connectivity index (χ3v) is 3.69. The summed E-state index contributed by atoms with van der Waals surface area (Å²) in [7, 11) is 1.28. The van der Waals surface area contributed by atoms with Crippen LogP contribution in [-0.2, 0) is 27.4 Å². The van der Waals surface area contributed by atoms with E-state index < -0.39 is 24.0 Å². The number of nitrogens with one attached hydrogen (secondary N) is 2. The number of methoxy groups -OCH3 is 1. The van der Waals surface area contributed by atoms with Crippen LogP contribution in [0.3, 0.4) is 0 Å². The maximum atomic E-state index is 12.2. The number of carbonyl (C=O) groups excluding carboxylic acids is 2. The molecule has 2 amide bonds. The summed E-state index contributed by atoms with van der Waals surface area (Å²) in [6.45, 7) is 0.552. The molecule has 3 N–H and O–H groups in total. The van der Waals surface area contributed by atoms with Crippen molar-refractivity contribution in [2.45, 2.75) is 25.3 Å². The van der Waals surface area contributed by atoms with Gasteiger partial charge in [-0.1, -0.05) is 60.7 Å². The van der Waals surface area contributed by atoms with Crippen molar-refractivity contribution in [1.29, 1.82) is 0 Å². The van der Waals surface area contributed by atoms with Gasteiger partial charge in [-0.15, -0.1) is 0 Å². The first-order valence-corrected chi connectivity index (χ1v) is 7.96. The van der Waals surface area contributed by atoms with E-state index in [0.29, 0.717) is 0 Å². The fourth-order valence-corrected chi connectivity index (χ4v) is 2.29. The van der Waals surface area contributed by atoms with E-state index in [-0.39, 0.29) is 13.1 Å². The standard InChI is InChI=1S/C19H22N2O4/c1-25-17(19(24)21-13-15-10-6-3-7-11-15)16(22)18(23)20-12-14-8-4-2-5-9-14/h2-11,16-17,22H,12-13H2,1H3,(H,20,23)(H,21,24)/t16-,17?/m1/s1. The Morgan fingerprint density at radius 3 is 1.76 bits per heavy atom. The molecule has 1 unspecified atom stereocenters. The predicted octanol–water partition coefficient (Wildman–Crippen LogP) is 0.995. The Morgan fingerprint density at radius 1 is 0.880 bits per heavy atom. The summed E-state index contributed by atoms with van der Waals surface area (Å²) >= 11 is 0. The molecular weight excluding hydrogens is 320 g/mol. The number of carbonyl (C=O) groups is 2. The van der Waals surface area contributed by atoms with Gasteiger partial charge in [0.1, 0.15) is 0 Å². The van der Waals surface area contributed by atoms with Crippen LogP contribution in [0.5, 0.6) is 0 Å². The lowest BCUT2D eigenvalue weighted by atomic mass is 10.1. The summed E-state index contributed by atoms with van der Waals surface area (Å²) in [5.74, 6) is -1.21. The fourth-order valence-electron chi connectivity index (χ4n) is 2.29. The quantitative estimate of drug-likeness (QED) is 0.668. The van der Waals surface area contributed by atoms with Crippen LogP contribution in [0.2, 0.25) is 0 Å². The average molecular weight is 342 g/mol. The highest BCUT2D eigenvalue weighted by Crippen LogP contribution is 2.04. The zero-order valence-corrected chi connectivity index (χ0v) is 14.0. The van der Waals surface area contributed by atoms with Crippen molar-refractivity contribution in [3.63, 3.8) is 0 Å². The van der Waals surface area contributed by atoms with E-state index in [4.69, 9.17) is 4.74 Å². The van der Waals surface area contributed by atoms with Crippen LogP contribution in [0, 0.1) is 0 Å². The van der Waals surface area contributed by atoms with Gasteiger partial charge in [-0.2, -0.15) is 0 Å². The zero-order chi connectivity index (χ0) is 18.1. The molecule has 2 atom stereocenters. The van der Waals surface area contributed by atoms with Crippen LogP contribution in [0.25, 0.3) is 0 Å². The van der Waals surface area contributed by atoms with Crippen molar-refractivity contribution in [3.05, 3.63) is 71.8 Å². The number of aliphatic hydroxyl groups excluding tert-OH is 1. The lowest BCUT2D eigenvalue weighted by Crippen LogP contribution is -2.50. The Bertz CT molecular complexity index is 676. The first kappa shape index (κ1) is 18.6. The predicted molar refractivity (Wildman–Crippen MR) is 93.4 cm³/mol. The molecule has 0 saturated heterocycles. The molecule has 0 aliphatic rings. The molecule has 2 aromatic carbocycles. The monoisotopic (exact) mass is 342 g/mol. The number of ether oxygens (including phenoxy) is 1. The largest absolute Gasteiger partial charge is 0.380 e. The van der Waals surface area contributed by atoms with Crippen LogP contribution in [0.15, 0.2) is 60.7 Å². The van der Waals surface area contributed by atoms with Crippen LogP contribution >= 0.6 is 0 Å². The molecular formula is C19H22N2O4. The van der Waals surface area contributed by atoms with Gasteiger partial charge in [0.2, 0.25) is 0 Å². The molecule has 2 aromatic rings. The molecule has 0 aliphatic carbocycles. The van der Waals surface area contributed by atoms with Crippen molar-refractivity contribution in [2.75, 3.05) is 7.11 Å². The van der Waals surface area contributed by atoms with Gasteiger partial charge in [0.05, 0.1) is 0 Å². The normalized spacial score (nSPS) is 12.9. The van der Waals surface area contributed by atoms with Crippen LogP contribution in [-0.4, -0.2) is 36.2 Å². The van der Waals surface area contributed by atoms with Gasteiger partial charge >= 0.3 is 0 Å². The molecule has 0 saturated carbocycles. The molecule has 132 valence electrons. The maximum Gasteiger partial charge on any atom is 0.252 e. The summed E-state index contributed by atoms with van der Waals surface area (Å²) in [5.41, 5.74) is 1.80. The van der Waals surface area contributed by atoms with E-state index in [0.717, 1.165) is 11.1 Å². The zero-order valence-electron chi connectivity index (χ0n) is 14.0. The maximum absolute atomic E-state index is 12.2. The minimum absolute atomic E-state index is 0.263. The van der Waals surface area contributed by atoms with E-state index in [1.54, 1.807) is 0 Å². The van der Waals surface area contributed by atoms with Gasteiger partial charge in [0, 0.05) is 20.2 Å². The first-order valence-electron chi connectivity index (χ1n) is 7.96. The molecule has 6 nitrogen and oxygen atoms in total. The van der Waals surface area contributed by atoms with Crippen LogP contribution in [0.1, 0.15) is 11.1 Å². The molecule has 0 aliphatic heterocycles.